The fourth-order valence-corrected chi connectivity index (χ4v) is 2.47. The first-order valence-corrected chi connectivity index (χ1v) is 6.74. The van der Waals surface area contributed by atoms with Crippen molar-refractivity contribution < 1.29 is 4.74 Å². The van der Waals surface area contributed by atoms with Crippen molar-refractivity contribution in [2.75, 3.05) is 6.61 Å². The van der Waals surface area contributed by atoms with Gasteiger partial charge in [-0.15, -0.1) is 0 Å². The maximum Gasteiger partial charge on any atom is 0.0717 e. The highest BCUT2D eigenvalue weighted by atomic mass is 16.5. The van der Waals surface area contributed by atoms with E-state index < -0.39 is 0 Å². The molecule has 2 heteroatoms. The van der Waals surface area contributed by atoms with Crippen LogP contribution in [0, 0.1) is 5.92 Å². The zero-order valence-corrected chi connectivity index (χ0v) is 10.5. The van der Waals surface area contributed by atoms with Crippen LogP contribution in [-0.4, -0.2) is 6.61 Å². The van der Waals surface area contributed by atoms with E-state index in [0.717, 1.165) is 19.1 Å². The van der Waals surface area contributed by atoms with E-state index in [0.29, 0.717) is 6.54 Å². The van der Waals surface area contributed by atoms with Gasteiger partial charge in [0.05, 0.1) is 6.61 Å². The molecule has 0 amide bonds. The summed E-state index contributed by atoms with van der Waals surface area (Å²) in [7, 11) is 0. The van der Waals surface area contributed by atoms with E-state index in [1.54, 1.807) is 0 Å². The average molecular weight is 233 g/mol. The molecule has 2 rings (SSSR count). The summed E-state index contributed by atoms with van der Waals surface area (Å²) in [6.07, 6.45) is 6.90. The lowest BCUT2D eigenvalue weighted by Gasteiger charge is -2.21. The Morgan fingerprint density at radius 3 is 2.29 bits per heavy atom. The first kappa shape index (κ1) is 12.6. The molecule has 0 aromatic heterocycles. The fourth-order valence-electron chi connectivity index (χ4n) is 2.47. The number of ether oxygens (including phenoxy) is 1. The Labute approximate surface area is 104 Å². The summed E-state index contributed by atoms with van der Waals surface area (Å²) in [5.41, 5.74) is 8.00. The number of hydrogen-bond donors (Lipinski definition) is 1. The highest BCUT2D eigenvalue weighted by Gasteiger charge is 2.13. The summed E-state index contributed by atoms with van der Waals surface area (Å²) in [5.74, 6) is 0.798. The van der Waals surface area contributed by atoms with Gasteiger partial charge in [-0.05, 0) is 29.9 Å². The van der Waals surface area contributed by atoms with Gasteiger partial charge in [0.25, 0.3) is 0 Å². The molecule has 0 unspecified atom stereocenters. The summed E-state index contributed by atoms with van der Waals surface area (Å²) < 4.78 is 5.80. The van der Waals surface area contributed by atoms with Crippen LogP contribution in [-0.2, 0) is 17.9 Å². The van der Waals surface area contributed by atoms with E-state index in [2.05, 4.69) is 24.3 Å². The van der Waals surface area contributed by atoms with Crippen molar-refractivity contribution in [1.29, 1.82) is 0 Å². The van der Waals surface area contributed by atoms with Gasteiger partial charge in [0.2, 0.25) is 0 Å². The molecule has 0 radical (unpaired) electrons. The van der Waals surface area contributed by atoms with E-state index in [1.165, 1.54) is 43.2 Å². The van der Waals surface area contributed by atoms with Crippen LogP contribution in [0.15, 0.2) is 24.3 Å². The molecule has 0 bridgehead atoms. The van der Waals surface area contributed by atoms with Gasteiger partial charge in [-0.25, -0.2) is 0 Å². The smallest absolute Gasteiger partial charge is 0.0717 e. The van der Waals surface area contributed by atoms with Gasteiger partial charge in [-0.1, -0.05) is 43.5 Å². The van der Waals surface area contributed by atoms with Crippen LogP contribution >= 0.6 is 0 Å². The van der Waals surface area contributed by atoms with Crippen LogP contribution in [0.25, 0.3) is 0 Å². The molecule has 1 aliphatic carbocycles. The molecule has 2 N–H and O–H groups in total. The van der Waals surface area contributed by atoms with Gasteiger partial charge < -0.3 is 10.5 Å². The van der Waals surface area contributed by atoms with Crippen LogP contribution in [0.5, 0.6) is 0 Å². The predicted molar refractivity (Wildman–Crippen MR) is 70.6 cm³/mol. The summed E-state index contributed by atoms with van der Waals surface area (Å²) in [6.45, 7) is 2.28. The van der Waals surface area contributed by atoms with Crippen LogP contribution < -0.4 is 5.73 Å². The van der Waals surface area contributed by atoms with Crippen molar-refractivity contribution in [1.82, 2.24) is 0 Å². The van der Waals surface area contributed by atoms with Crippen molar-refractivity contribution in [3.05, 3.63) is 35.4 Å². The molecule has 94 valence electrons. The highest BCUT2D eigenvalue weighted by molar-refractivity contribution is 5.21. The quantitative estimate of drug-likeness (QED) is 0.847. The Kier molecular flexibility index (Phi) is 5.02. The molecular formula is C15H23NO. The Morgan fingerprint density at radius 2 is 1.65 bits per heavy atom. The third-order valence-corrected chi connectivity index (χ3v) is 3.61. The lowest BCUT2D eigenvalue weighted by Crippen LogP contribution is -2.13. The number of rotatable bonds is 5. The topological polar surface area (TPSA) is 35.2 Å². The molecule has 1 fully saturated rings. The molecule has 17 heavy (non-hydrogen) atoms. The van der Waals surface area contributed by atoms with E-state index in [4.69, 9.17) is 10.5 Å². The molecule has 1 saturated carbocycles. The predicted octanol–water partition coefficient (Wildman–Crippen LogP) is 3.24. The van der Waals surface area contributed by atoms with Crippen molar-refractivity contribution in [3.63, 3.8) is 0 Å². The second kappa shape index (κ2) is 6.77. The van der Waals surface area contributed by atoms with Crippen molar-refractivity contribution in [3.8, 4) is 0 Å². The van der Waals surface area contributed by atoms with Crippen LogP contribution in [0.4, 0.5) is 0 Å². The normalized spacial score (nSPS) is 17.2. The van der Waals surface area contributed by atoms with Crippen LogP contribution in [0.3, 0.4) is 0 Å². The van der Waals surface area contributed by atoms with E-state index in [9.17, 15) is 0 Å². The van der Waals surface area contributed by atoms with Crippen LogP contribution in [0.2, 0.25) is 0 Å². The minimum atomic E-state index is 0.614. The highest BCUT2D eigenvalue weighted by Crippen LogP contribution is 2.23. The Hall–Kier alpha value is -0.860. The summed E-state index contributed by atoms with van der Waals surface area (Å²) in [4.78, 5) is 0. The minimum Gasteiger partial charge on any atom is -0.376 e. The van der Waals surface area contributed by atoms with Gasteiger partial charge in [0, 0.05) is 13.2 Å². The maximum atomic E-state index is 5.80. The van der Waals surface area contributed by atoms with Gasteiger partial charge in [0.15, 0.2) is 0 Å². The molecule has 0 aliphatic heterocycles. The van der Waals surface area contributed by atoms with Gasteiger partial charge in [-0.2, -0.15) is 0 Å². The number of nitrogens with two attached hydrogens (primary N) is 1. The van der Waals surface area contributed by atoms with E-state index in [1.807, 2.05) is 0 Å². The minimum absolute atomic E-state index is 0.614. The van der Waals surface area contributed by atoms with Crippen molar-refractivity contribution >= 4 is 0 Å². The van der Waals surface area contributed by atoms with Crippen LogP contribution in [0.1, 0.15) is 43.2 Å². The molecule has 1 aromatic carbocycles. The van der Waals surface area contributed by atoms with Gasteiger partial charge in [0.1, 0.15) is 0 Å². The third-order valence-electron chi connectivity index (χ3n) is 3.61. The monoisotopic (exact) mass is 233 g/mol. The summed E-state index contributed by atoms with van der Waals surface area (Å²) in [5, 5.41) is 0. The molecule has 0 heterocycles. The second-order valence-corrected chi connectivity index (χ2v) is 5.04. The summed E-state index contributed by atoms with van der Waals surface area (Å²) in [6, 6.07) is 8.39. The molecule has 0 spiro atoms. The van der Waals surface area contributed by atoms with Crippen molar-refractivity contribution in [2.24, 2.45) is 11.7 Å². The second-order valence-electron chi connectivity index (χ2n) is 5.04. The Balaban J connectivity index is 1.69. The number of benzene rings is 1. The summed E-state index contributed by atoms with van der Waals surface area (Å²) >= 11 is 0. The molecular weight excluding hydrogens is 210 g/mol. The largest absolute Gasteiger partial charge is 0.376 e. The fraction of sp³-hybridized carbons (Fsp3) is 0.600. The molecule has 0 atom stereocenters. The molecule has 1 aliphatic rings. The molecule has 2 nitrogen and oxygen atoms in total. The first-order valence-electron chi connectivity index (χ1n) is 6.74. The Bertz CT molecular complexity index is 314. The standard InChI is InChI=1S/C15H23NO/c16-10-13-6-8-15(9-7-13)12-17-11-14-4-2-1-3-5-14/h6-9,14H,1-5,10-12,16H2. The SMILES string of the molecule is NCc1ccc(COCC2CCCCC2)cc1. The molecule has 0 saturated heterocycles. The zero-order valence-electron chi connectivity index (χ0n) is 10.5. The average Bonchev–Trinajstić information content (AvgIpc) is 2.41. The zero-order chi connectivity index (χ0) is 11.9. The lowest BCUT2D eigenvalue weighted by atomic mass is 9.90. The first-order chi connectivity index (χ1) is 8.38. The van der Waals surface area contributed by atoms with E-state index >= 15 is 0 Å². The van der Waals surface area contributed by atoms with E-state index in [-0.39, 0.29) is 0 Å². The lowest BCUT2D eigenvalue weighted by molar-refractivity contribution is 0.0739. The number of hydrogen-bond acceptors (Lipinski definition) is 2. The Morgan fingerprint density at radius 1 is 1.00 bits per heavy atom. The van der Waals surface area contributed by atoms with Crippen molar-refractivity contribution in [2.45, 2.75) is 45.3 Å². The molecule has 1 aromatic rings. The van der Waals surface area contributed by atoms with Gasteiger partial charge >= 0.3 is 0 Å². The van der Waals surface area contributed by atoms with Gasteiger partial charge in [-0.3, -0.25) is 0 Å². The maximum absolute atomic E-state index is 5.80. The third kappa shape index (κ3) is 4.14.